The van der Waals surface area contributed by atoms with E-state index in [2.05, 4.69) is 10.4 Å². The zero-order valence-electron chi connectivity index (χ0n) is 20.1. The lowest BCUT2D eigenvalue weighted by Gasteiger charge is -2.34. The van der Waals surface area contributed by atoms with Crippen molar-refractivity contribution in [1.82, 2.24) is 20.0 Å². The van der Waals surface area contributed by atoms with Crippen molar-refractivity contribution in [2.24, 2.45) is 7.05 Å². The van der Waals surface area contributed by atoms with E-state index >= 15 is 0 Å². The van der Waals surface area contributed by atoms with Crippen LogP contribution < -0.4 is 5.32 Å². The number of amides is 2. The van der Waals surface area contributed by atoms with Crippen LogP contribution in [0.15, 0.2) is 60.8 Å². The standard InChI is InChI=1S/C26H28N4O5/c1-26(2,24(32)33)29(3)23(31)22(21-13-14-27-30(21)4)28-25(34)35-15-20-18-11-7-5-9-16(18)17-10-6-8-12-19(17)20/h5-14,20,22H,15H2,1-4H3,(H,28,34)(H,32,33). The summed E-state index contributed by atoms with van der Waals surface area (Å²) < 4.78 is 7.06. The molecule has 182 valence electrons. The summed E-state index contributed by atoms with van der Waals surface area (Å²) in [6.45, 7) is 2.92. The number of hydrogen-bond donors (Lipinski definition) is 2. The highest BCUT2D eigenvalue weighted by Crippen LogP contribution is 2.44. The number of alkyl carbamates (subject to hydrolysis) is 1. The average Bonchev–Trinajstić information content (AvgIpc) is 3.41. The van der Waals surface area contributed by atoms with Crippen LogP contribution in [0.4, 0.5) is 4.79 Å². The van der Waals surface area contributed by atoms with Gasteiger partial charge in [-0.2, -0.15) is 5.10 Å². The molecule has 3 aromatic rings. The summed E-state index contributed by atoms with van der Waals surface area (Å²) in [7, 11) is 3.02. The highest BCUT2D eigenvalue weighted by atomic mass is 16.5. The first-order valence-corrected chi connectivity index (χ1v) is 11.2. The summed E-state index contributed by atoms with van der Waals surface area (Å²) in [5, 5.41) is 16.2. The number of carboxylic acid groups (broad SMARTS) is 1. The zero-order chi connectivity index (χ0) is 25.3. The van der Waals surface area contributed by atoms with Gasteiger partial charge in [0.1, 0.15) is 12.1 Å². The fraction of sp³-hybridized carbons (Fsp3) is 0.308. The molecular weight excluding hydrogens is 448 g/mol. The van der Waals surface area contributed by atoms with E-state index in [0.29, 0.717) is 5.69 Å². The van der Waals surface area contributed by atoms with Crippen molar-refractivity contribution < 1.29 is 24.2 Å². The third-order valence-corrected chi connectivity index (χ3v) is 6.70. The number of aromatic nitrogens is 2. The fourth-order valence-corrected chi connectivity index (χ4v) is 4.30. The minimum absolute atomic E-state index is 0.0859. The van der Waals surface area contributed by atoms with Gasteiger partial charge in [-0.25, -0.2) is 9.59 Å². The van der Waals surface area contributed by atoms with Crippen LogP contribution in [0.1, 0.15) is 42.6 Å². The molecule has 1 aliphatic carbocycles. The summed E-state index contributed by atoms with van der Waals surface area (Å²) in [5.41, 5.74) is 3.27. The summed E-state index contributed by atoms with van der Waals surface area (Å²) >= 11 is 0. The van der Waals surface area contributed by atoms with Gasteiger partial charge in [0.2, 0.25) is 0 Å². The molecule has 0 spiro atoms. The maximum Gasteiger partial charge on any atom is 0.408 e. The number of hydrogen-bond acceptors (Lipinski definition) is 5. The predicted octanol–water partition coefficient (Wildman–Crippen LogP) is 3.32. The molecule has 0 saturated carbocycles. The second-order valence-electron chi connectivity index (χ2n) is 9.04. The van der Waals surface area contributed by atoms with E-state index in [-0.39, 0.29) is 12.5 Å². The van der Waals surface area contributed by atoms with Crippen LogP contribution in [0.5, 0.6) is 0 Å². The second kappa shape index (κ2) is 9.25. The number of fused-ring (bicyclic) bond motifs is 3. The van der Waals surface area contributed by atoms with E-state index in [1.165, 1.54) is 31.8 Å². The topological polar surface area (TPSA) is 114 Å². The Bertz CT molecular complexity index is 1240. The highest BCUT2D eigenvalue weighted by molar-refractivity contribution is 5.91. The first kappa shape index (κ1) is 24.0. The number of carbonyl (C=O) groups is 3. The summed E-state index contributed by atoms with van der Waals surface area (Å²) in [4.78, 5) is 39.0. The number of rotatable bonds is 7. The van der Waals surface area contributed by atoms with Gasteiger partial charge in [-0.1, -0.05) is 48.5 Å². The molecule has 1 atom stereocenters. The molecule has 0 fully saturated rings. The summed E-state index contributed by atoms with van der Waals surface area (Å²) in [5.74, 6) is -1.90. The van der Waals surface area contributed by atoms with Crippen LogP contribution in [0.25, 0.3) is 11.1 Å². The highest BCUT2D eigenvalue weighted by Gasteiger charge is 2.40. The normalized spacial score (nSPS) is 13.5. The SMILES string of the molecule is CN(C(=O)C(NC(=O)OCC1c2ccccc2-c2ccccc21)c1ccnn1C)C(C)(C)C(=O)O. The van der Waals surface area contributed by atoms with Crippen LogP contribution in [-0.2, 0) is 21.4 Å². The number of benzene rings is 2. The van der Waals surface area contributed by atoms with Gasteiger partial charge in [-0.05, 0) is 42.2 Å². The molecule has 1 unspecified atom stereocenters. The van der Waals surface area contributed by atoms with Gasteiger partial charge in [0.25, 0.3) is 5.91 Å². The first-order chi connectivity index (χ1) is 16.6. The number of likely N-dealkylation sites (N-methyl/N-ethyl adjacent to an activating group) is 1. The third-order valence-electron chi connectivity index (χ3n) is 6.70. The van der Waals surface area contributed by atoms with E-state index in [9.17, 15) is 19.5 Å². The molecule has 1 aromatic heterocycles. The Morgan fingerprint density at radius 2 is 1.66 bits per heavy atom. The Morgan fingerprint density at radius 1 is 1.09 bits per heavy atom. The van der Waals surface area contributed by atoms with Gasteiger partial charge in [0.15, 0.2) is 6.04 Å². The number of carbonyl (C=O) groups excluding carboxylic acids is 2. The average molecular weight is 477 g/mol. The molecule has 2 amide bonds. The minimum Gasteiger partial charge on any atom is -0.480 e. The molecule has 35 heavy (non-hydrogen) atoms. The summed E-state index contributed by atoms with van der Waals surface area (Å²) in [6.07, 6.45) is 0.713. The summed E-state index contributed by atoms with van der Waals surface area (Å²) in [6, 6.07) is 16.4. The monoisotopic (exact) mass is 476 g/mol. The zero-order valence-corrected chi connectivity index (χ0v) is 20.1. The molecule has 1 aliphatic rings. The van der Waals surface area contributed by atoms with Crippen LogP contribution >= 0.6 is 0 Å². The van der Waals surface area contributed by atoms with E-state index in [1.54, 1.807) is 13.1 Å². The Morgan fingerprint density at radius 3 is 2.17 bits per heavy atom. The minimum atomic E-state index is -1.49. The molecule has 9 heteroatoms. The molecule has 2 aromatic carbocycles. The van der Waals surface area contributed by atoms with Crippen molar-refractivity contribution in [2.75, 3.05) is 13.7 Å². The number of carboxylic acids is 1. The Labute approximate surface area is 203 Å². The van der Waals surface area contributed by atoms with E-state index in [0.717, 1.165) is 27.2 Å². The van der Waals surface area contributed by atoms with E-state index < -0.39 is 29.6 Å². The van der Waals surface area contributed by atoms with Gasteiger partial charge in [-0.3, -0.25) is 9.48 Å². The van der Waals surface area contributed by atoms with Gasteiger partial charge < -0.3 is 20.1 Å². The number of aliphatic carboxylic acids is 1. The lowest BCUT2D eigenvalue weighted by Crippen LogP contribution is -2.54. The van der Waals surface area contributed by atoms with E-state index in [4.69, 9.17) is 4.74 Å². The van der Waals surface area contributed by atoms with Crippen molar-refractivity contribution in [3.8, 4) is 11.1 Å². The number of aryl methyl sites for hydroxylation is 1. The molecule has 0 bridgehead atoms. The lowest BCUT2D eigenvalue weighted by molar-refractivity contribution is -0.156. The van der Waals surface area contributed by atoms with E-state index in [1.807, 2.05) is 48.5 Å². The smallest absolute Gasteiger partial charge is 0.408 e. The van der Waals surface area contributed by atoms with Crippen molar-refractivity contribution in [3.63, 3.8) is 0 Å². The molecule has 4 rings (SSSR count). The third kappa shape index (κ3) is 4.37. The molecular formula is C26H28N4O5. The molecule has 2 N–H and O–H groups in total. The maximum absolute atomic E-state index is 13.3. The number of ether oxygens (including phenoxy) is 1. The second-order valence-corrected chi connectivity index (χ2v) is 9.04. The Balaban J connectivity index is 1.53. The van der Waals surface area contributed by atoms with Crippen molar-refractivity contribution >= 4 is 18.0 Å². The Kier molecular flexibility index (Phi) is 6.34. The van der Waals surface area contributed by atoms with Gasteiger partial charge >= 0.3 is 12.1 Å². The number of nitrogens with zero attached hydrogens (tertiary/aromatic N) is 3. The van der Waals surface area contributed by atoms with Crippen molar-refractivity contribution in [2.45, 2.75) is 31.3 Å². The van der Waals surface area contributed by atoms with Gasteiger partial charge in [0.05, 0.1) is 5.69 Å². The lowest BCUT2D eigenvalue weighted by atomic mass is 9.98. The molecule has 9 nitrogen and oxygen atoms in total. The van der Waals surface area contributed by atoms with Crippen LogP contribution in [-0.4, -0.2) is 57.0 Å². The number of nitrogens with one attached hydrogen (secondary N) is 1. The van der Waals surface area contributed by atoms with Gasteiger partial charge in [0, 0.05) is 26.2 Å². The quantitative estimate of drug-likeness (QED) is 0.541. The van der Waals surface area contributed by atoms with Crippen molar-refractivity contribution in [3.05, 3.63) is 77.6 Å². The van der Waals surface area contributed by atoms with Crippen LogP contribution in [0.3, 0.4) is 0 Å². The predicted molar refractivity (Wildman–Crippen MR) is 129 cm³/mol. The first-order valence-electron chi connectivity index (χ1n) is 11.2. The molecule has 0 radical (unpaired) electrons. The molecule has 0 aliphatic heterocycles. The molecule has 1 heterocycles. The van der Waals surface area contributed by atoms with Crippen LogP contribution in [0, 0.1) is 0 Å². The largest absolute Gasteiger partial charge is 0.480 e. The van der Waals surface area contributed by atoms with Crippen LogP contribution in [0.2, 0.25) is 0 Å². The van der Waals surface area contributed by atoms with Crippen molar-refractivity contribution in [1.29, 1.82) is 0 Å². The van der Waals surface area contributed by atoms with Gasteiger partial charge in [-0.15, -0.1) is 0 Å². The maximum atomic E-state index is 13.3. The molecule has 0 saturated heterocycles. The fourth-order valence-electron chi connectivity index (χ4n) is 4.30. The Hall–Kier alpha value is -4.14.